The highest BCUT2D eigenvalue weighted by Crippen LogP contribution is 2.45. The Morgan fingerprint density at radius 3 is 2.11 bits per heavy atom. The number of aliphatic imine (C=N–C) groups is 1. The maximum absolute atomic E-state index is 14.3. The van der Waals surface area contributed by atoms with E-state index < -0.39 is 85.8 Å². The zero-order valence-corrected chi connectivity index (χ0v) is 38.3. The van der Waals surface area contributed by atoms with E-state index in [9.17, 15) is 37.2 Å². The van der Waals surface area contributed by atoms with Crippen LogP contribution in [0.3, 0.4) is 0 Å². The van der Waals surface area contributed by atoms with Gasteiger partial charge in [-0.15, -0.1) is 6.58 Å². The Kier molecular flexibility index (Phi) is 15.6. The lowest BCUT2D eigenvalue weighted by Gasteiger charge is -2.36. The first-order chi connectivity index (χ1) is 28.9. The number of carbonyl (C=O) groups excluding carboxylic acids is 6. The number of ether oxygens (including phenoxy) is 2. The summed E-state index contributed by atoms with van der Waals surface area (Å²) in [6.45, 7) is 21.6. The van der Waals surface area contributed by atoms with Crippen LogP contribution >= 0.6 is 0 Å². The van der Waals surface area contributed by atoms with Gasteiger partial charge in [0.25, 0.3) is 5.91 Å². The molecule has 1 saturated heterocycles. The summed E-state index contributed by atoms with van der Waals surface area (Å²) in [5.41, 5.74) is 1.94. The molecule has 1 aliphatic heterocycles. The first kappa shape index (κ1) is 49.1. The largest absolute Gasteiger partial charge is 0.444 e. The highest BCUT2D eigenvalue weighted by atomic mass is 32.2. The van der Waals surface area contributed by atoms with Crippen molar-refractivity contribution in [3.8, 4) is 0 Å². The third kappa shape index (κ3) is 12.3. The molecule has 3 aliphatic rings. The van der Waals surface area contributed by atoms with Crippen LogP contribution in [0, 0.1) is 25.2 Å². The first-order valence-corrected chi connectivity index (χ1v) is 22.5. The van der Waals surface area contributed by atoms with Crippen molar-refractivity contribution >= 4 is 57.4 Å². The van der Waals surface area contributed by atoms with Crippen LogP contribution in [0.4, 0.5) is 21.0 Å². The number of nitrogens with zero attached hydrogens (tertiary/aromatic N) is 2. The van der Waals surface area contributed by atoms with E-state index in [0.29, 0.717) is 24.9 Å². The van der Waals surface area contributed by atoms with E-state index in [0.717, 1.165) is 34.4 Å². The number of hydrogen-bond acceptors (Lipinski definition) is 11. The number of sulfonamides is 1. The summed E-state index contributed by atoms with van der Waals surface area (Å²) in [7, 11) is -3.91. The zero-order valence-electron chi connectivity index (χ0n) is 37.5. The van der Waals surface area contributed by atoms with Gasteiger partial charge in [0, 0.05) is 12.3 Å². The van der Waals surface area contributed by atoms with E-state index >= 15 is 0 Å². The lowest BCUT2D eigenvalue weighted by atomic mass is 9.85. The van der Waals surface area contributed by atoms with Gasteiger partial charge in [-0.2, -0.15) is 4.99 Å². The maximum Gasteiger partial charge on any atom is 0.411 e. The number of alkyl carbamates (subject to hydrolysis) is 1. The second kappa shape index (κ2) is 19.7. The van der Waals surface area contributed by atoms with Gasteiger partial charge in [0.1, 0.15) is 29.3 Å². The van der Waals surface area contributed by atoms with Gasteiger partial charge in [0.2, 0.25) is 27.9 Å². The molecular formula is C45H62N6O10S. The van der Waals surface area contributed by atoms with Crippen molar-refractivity contribution in [1.82, 2.24) is 20.3 Å². The highest BCUT2D eigenvalue weighted by Gasteiger charge is 2.62. The number of rotatable bonds is 13. The number of likely N-dealkylation sites (tertiary alicyclic amines) is 1. The lowest BCUT2D eigenvalue weighted by molar-refractivity contribution is -0.143. The number of aryl methyl sites for hydroxylation is 4. The summed E-state index contributed by atoms with van der Waals surface area (Å²) >= 11 is 0. The third-order valence-electron chi connectivity index (χ3n) is 11.0. The Hall–Kier alpha value is -5.54. The van der Waals surface area contributed by atoms with Crippen molar-refractivity contribution in [3.63, 3.8) is 0 Å². The fraction of sp³-hybridized carbons (Fsp3) is 0.556. The molecule has 0 aromatic heterocycles. The molecule has 17 heteroatoms. The third-order valence-corrected chi connectivity index (χ3v) is 12.8. The van der Waals surface area contributed by atoms with Crippen molar-refractivity contribution in [2.24, 2.45) is 16.3 Å². The van der Waals surface area contributed by atoms with Gasteiger partial charge >= 0.3 is 12.2 Å². The number of nitrogens with one attached hydrogen (secondary N) is 4. The Labute approximate surface area is 365 Å². The smallest absolute Gasteiger partial charge is 0.411 e. The molecule has 62 heavy (non-hydrogen) atoms. The molecule has 5 atom stereocenters. The van der Waals surface area contributed by atoms with Crippen LogP contribution in [0.5, 0.6) is 0 Å². The van der Waals surface area contributed by atoms with Gasteiger partial charge in [-0.25, -0.2) is 22.8 Å². The Morgan fingerprint density at radius 1 is 0.968 bits per heavy atom. The molecule has 5 amide bonds. The summed E-state index contributed by atoms with van der Waals surface area (Å²) in [5, 5.41) is 7.49. The SMILES string of the molecule is C=CC1C[C@]1(NC(=O)[C@@H]1C[C@@H](OC(=O)Nc2c(C)cccc2CC)CN1C(=O)[C@@H](NC(=O)OC(C)(C)C)C(C)(C)C)C(=O)NS(=O)(=O)C1CC1.CCc1cccc(C)c1N=C=O. The molecule has 0 spiro atoms. The second-order valence-electron chi connectivity index (χ2n) is 18.1. The molecule has 1 unspecified atom stereocenters. The fourth-order valence-electron chi connectivity index (χ4n) is 7.33. The van der Waals surface area contributed by atoms with E-state index in [1.807, 2.05) is 64.1 Å². The van der Waals surface area contributed by atoms with Crippen molar-refractivity contribution in [3.05, 3.63) is 71.3 Å². The van der Waals surface area contributed by atoms with Crippen LogP contribution < -0.4 is 20.7 Å². The van der Waals surface area contributed by atoms with Gasteiger partial charge in [-0.3, -0.25) is 24.4 Å². The van der Waals surface area contributed by atoms with Crippen LogP contribution in [0.2, 0.25) is 0 Å². The van der Waals surface area contributed by atoms with Crippen molar-refractivity contribution < 1.29 is 46.7 Å². The number of isocyanates is 1. The number of amides is 5. The van der Waals surface area contributed by atoms with E-state index in [-0.39, 0.29) is 19.4 Å². The standard InChI is InChI=1S/C35H51N5O9S.C10H11NO/c1-10-21-14-12-13-20(3)26(21)36-31(44)48-23-17-25(40(19-23)29(42)27(33(4,5)6)37-32(45)49-34(7,8)9)28(41)38-35(18-22(35)11-2)30(43)39-50(46,47)24-15-16-24;1-3-9-6-4-5-8(2)10(9)11-7-12/h11-14,22-25,27H,2,10,15-19H2,1,3-9H3,(H,36,44)(H,37,45)(H,38,41)(H,39,43);4-6H,3H2,1-2H3/t22?,23-,25+,27-,35-;/m1./s1. The van der Waals surface area contributed by atoms with Crippen LogP contribution in [0.25, 0.3) is 0 Å². The second-order valence-corrected chi connectivity index (χ2v) is 20.1. The number of anilines is 1. The zero-order chi connectivity index (χ0) is 46.4. The van der Waals surface area contributed by atoms with Crippen molar-refractivity contribution in [2.75, 3.05) is 11.9 Å². The topological polar surface area (TPSA) is 219 Å². The number of benzene rings is 2. The van der Waals surface area contributed by atoms with Crippen LogP contribution in [-0.2, 0) is 51.5 Å². The van der Waals surface area contributed by atoms with Gasteiger partial charge in [-0.1, -0.05) is 77.1 Å². The molecule has 2 saturated carbocycles. The first-order valence-electron chi connectivity index (χ1n) is 20.9. The molecule has 16 nitrogen and oxygen atoms in total. The lowest BCUT2D eigenvalue weighted by Crippen LogP contribution is -2.60. The predicted molar refractivity (Wildman–Crippen MR) is 235 cm³/mol. The molecule has 0 bridgehead atoms. The minimum atomic E-state index is -3.91. The van der Waals surface area contributed by atoms with Crippen LogP contribution in [0.15, 0.2) is 54.0 Å². The van der Waals surface area contributed by atoms with Crippen molar-refractivity contribution in [1.29, 1.82) is 0 Å². The summed E-state index contributed by atoms with van der Waals surface area (Å²) in [6, 6.07) is 9.10. The predicted octanol–water partition coefficient (Wildman–Crippen LogP) is 6.21. The average molecular weight is 879 g/mol. The molecule has 3 fully saturated rings. The monoisotopic (exact) mass is 878 g/mol. The molecule has 1 heterocycles. The molecule has 2 aromatic carbocycles. The molecule has 338 valence electrons. The maximum atomic E-state index is 14.3. The fourth-order valence-corrected chi connectivity index (χ4v) is 8.69. The number of hydrogen-bond donors (Lipinski definition) is 4. The normalized spacial score (nSPS) is 21.1. The minimum Gasteiger partial charge on any atom is -0.444 e. The molecule has 5 rings (SSSR count). The summed E-state index contributed by atoms with van der Waals surface area (Å²) in [6.07, 6.45) is 2.91. The quantitative estimate of drug-likeness (QED) is 0.101. The number of carbonyl (C=O) groups is 5. The van der Waals surface area contributed by atoms with E-state index in [4.69, 9.17) is 9.47 Å². The minimum absolute atomic E-state index is 0.109. The highest BCUT2D eigenvalue weighted by molar-refractivity contribution is 7.91. The Balaban J connectivity index is 0.000000605. The molecular weight excluding hydrogens is 817 g/mol. The average Bonchev–Trinajstić information content (AvgIpc) is 4.11. The van der Waals surface area contributed by atoms with Gasteiger partial charge in [0.15, 0.2) is 0 Å². The Bertz CT molecular complexity index is 2200. The van der Waals surface area contributed by atoms with Crippen molar-refractivity contribution in [2.45, 2.75) is 142 Å². The summed E-state index contributed by atoms with van der Waals surface area (Å²) in [5.74, 6) is -2.81. The van der Waals surface area contributed by atoms with E-state index in [1.165, 1.54) is 11.0 Å². The molecule has 4 N–H and O–H groups in total. The van der Waals surface area contributed by atoms with Crippen LogP contribution in [0.1, 0.15) is 103 Å². The van der Waals surface area contributed by atoms with Crippen LogP contribution in [-0.4, -0.2) is 90.4 Å². The van der Waals surface area contributed by atoms with Gasteiger partial charge in [-0.05, 0) is 94.4 Å². The summed E-state index contributed by atoms with van der Waals surface area (Å²) in [4.78, 5) is 82.8. The van der Waals surface area contributed by atoms with Gasteiger partial charge in [0.05, 0.1) is 23.2 Å². The molecule has 2 aliphatic carbocycles. The van der Waals surface area contributed by atoms with E-state index in [1.54, 1.807) is 47.6 Å². The molecule has 2 aromatic rings. The van der Waals surface area contributed by atoms with Gasteiger partial charge < -0.3 is 25.0 Å². The van der Waals surface area contributed by atoms with E-state index in [2.05, 4.69) is 32.2 Å². The molecule has 0 radical (unpaired) electrons. The number of para-hydroxylation sites is 2. The summed E-state index contributed by atoms with van der Waals surface area (Å²) < 4.78 is 38.5. The Morgan fingerprint density at radius 2 is 1.58 bits per heavy atom.